The molecule has 122 valence electrons. The first-order chi connectivity index (χ1) is 11.3. The Bertz CT molecular complexity index is 629. The predicted octanol–water partition coefficient (Wildman–Crippen LogP) is 2.94. The number of para-hydroxylation sites is 1. The van der Waals surface area contributed by atoms with Gasteiger partial charge in [0.1, 0.15) is 6.10 Å². The van der Waals surface area contributed by atoms with Gasteiger partial charge < -0.3 is 19.5 Å². The molecule has 3 rings (SSSR count). The monoisotopic (exact) mass is 317 g/mol. The molecule has 5 heteroatoms. The molecule has 1 aliphatic heterocycles. The zero-order valence-electron chi connectivity index (χ0n) is 13.0. The summed E-state index contributed by atoms with van der Waals surface area (Å²) in [5.74, 6) is 0.0345. The van der Waals surface area contributed by atoms with E-state index in [1.165, 1.54) is 13.2 Å². The number of morpholine rings is 1. The number of benzene rings is 2. The molecule has 0 aliphatic carbocycles. The van der Waals surface area contributed by atoms with E-state index in [9.17, 15) is 4.39 Å². The van der Waals surface area contributed by atoms with Crippen LogP contribution in [0.1, 0.15) is 11.7 Å². The van der Waals surface area contributed by atoms with E-state index in [1.807, 2.05) is 30.3 Å². The van der Waals surface area contributed by atoms with Gasteiger partial charge in [0.2, 0.25) is 0 Å². The van der Waals surface area contributed by atoms with E-state index in [1.54, 1.807) is 12.1 Å². The van der Waals surface area contributed by atoms with Gasteiger partial charge in [-0.25, -0.2) is 4.39 Å². The number of methoxy groups -OCH3 is 1. The van der Waals surface area contributed by atoms with Crippen LogP contribution in [0.15, 0.2) is 48.5 Å². The molecule has 1 heterocycles. The topological polar surface area (TPSA) is 39.7 Å². The molecular formula is C18H20FNO3. The number of hydrogen-bond acceptors (Lipinski definition) is 4. The van der Waals surface area contributed by atoms with Crippen molar-refractivity contribution in [3.05, 3.63) is 59.9 Å². The summed E-state index contributed by atoms with van der Waals surface area (Å²) >= 11 is 0. The van der Waals surface area contributed by atoms with Crippen LogP contribution >= 0.6 is 0 Å². The molecule has 1 fully saturated rings. The van der Waals surface area contributed by atoms with Gasteiger partial charge in [0.05, 0.1) is 13.7 Å². The van der Waals surface area contributed by atoms with E-state index < -0.39 is 5.82 Å². The Labute approximate surface area is 135 Å². The van der Waals surface area contributed by atoms with Crippen molar-refractivity contribution < 1.29 is 18.6 Å². The van der Waals surface area contributed by atoms with Crippen LogP contribution in [0.25, 0.3) is 0 Å². The summed E-state index contributed by atoms with van der Waals surface area (Å²) in [5, 5.41) is 3.30. The second kappa shape index (κ2) is 7.44. The van der Waals surface area contributed by atoms with Crippen molar-refractivity contribution in [3.8, 4) is 11.5 Å². The first-order valence-electron chi connectivity index (χ1n) is 7.66. The van der Waals surface area contributed by atoms with Gasteiger partial charge >= 0.3 is 0 Å². The molecule has 0 spiro atoms. The van der Waals surface area contributed by atoms with Crippen molar-refractivity contribution in [1.29, 1.82) is 0 Å². The first-order valence-corrected chi connectivity index (χ1v) is 7.66. The Hall–Kier alpha value is -2.11. The smallest absolute Gasteiger partial charge is 0.196 e. The van der Waals surface area contributed by atoms with E-state index in [4.69, 9.17) is 14.2 Å². The molecule has 0 aromatic heterocycles. The van der Waals surface area contributed by atoms with Gasteiger partial charge in [0.15, 0.2) is 23.4 Å². The fraction of sp³-hybridized carbons (Fsp3) is 0.333. The van der Waals surface area contributed by atoms with Gasteiger partial charge in [-0.3, -0.25) is 0 Å². The van der Waals surface area contributed by atoms with Gasteiger partial charge in [-0.1, -0.05) is 36.4 Å². The van der Waals surface area contributed by atoms with Crippen LogP contribution in [0.4, 0.5) is 4.39 Å². The number of nitrogens with one attached hydrogen (secondary N) is 1. The summed E-state index contributed by atoms with van der Waals surface area (Å²) in [6.45, 7) is 2.12. The van der Waals surface area contributed by atoms with E-state index in [0.29, 0.717) is 18.9 Å². The third-order valence-corrected chi connectivity index (χ3v) is 3.81. The maximum absolute atomic E-state index is 13.9. The second-order valence-electron chi connectivity index (χ2n) is 5.33. The summed E-state index contributed by atoms with van der Waals surface area (Å²) in [4.78, 5) is 0. The Balaban J connectivity index is 1.91. The molecule has 1 unspecified atom stereocenters. The Morgan fingerprint density at radius 1 is 1.17 bits per heavy atom. The van der Waals surface area contributed by atoms with Crippen LogP contribution in [0.3, 0.4) is 0 Å². The Kier molecular flexibility index (Phi) is 5.10. The molecule has 1 aliphatic rings. The van der Waals surface area contributed by atoms with Crippen LogP contribution in [0, 0.1) is 5.82 Å². The lowest BCUT2D eigenvalue weighted by molar-refractivity contribution is -0.0439. The summed E-state index contributed by atoms with van der Waals surface area (Å²) in [6.07, 6.45) is -0.501. The Morgan fingerprint density at radius 2 is 2.00 bits per heavy atom. The normalized spacial score (nSPS) is 19.1. The molecule has 2 aromatic carbocycles. The molecule has 23 heavy (non-hydrogen) atoms. The predicted molar refractivity (Wildman–Crippen MR) is 85.4 cm³/mol. The maximum atomic E-state index is 13.9. The zero-order valence-corrected chi connectivity index (χ0v) is 13.0. The zero-order chi connectivity index (χ0) is 16.1. The molecule has 0 amide bonds. The van der Waals surface area contributed by atoms with Crippen molar-refractivity contribution in [3.63, 3.8) is 0 Å². The Morgan fingerprint density at radius 3 is 2.70 bits per heavy atom. The second-order valence-corrected chi connectivity index (χ2v) is 5.33. The number of rotatable bonds is 5. The van der Waals surface area contributed by atoms with Crippen molar-refractivity contribution >= 4 is 0 Å². The summed E-state index contributed by atoms with van der Waals surface area (Å²) in [7, 11) is 1.43. The van der Waals surface area contributed by atoms with Crippen molar-refractivity contribution in [2.75, 3.05) is 26.8 Å². The fourth-order valence-corrected chi connectivity index (χ4v) is 2.70. The molecule has 4 nitrogen and oxygen atoms in total. The fourth-order valence-electron chi connectivity index (χ4n) is 2.70. The maximum Gasteiger partial charge on any atom is 0.196 e. The quantitative estimate of drug-likeness (QED) is 0.920. The number of hydrogen-bond donors (Lipinski definition) is 1. The SMILES string of the molecule is COc1c(F)cccc1OC(c1ccccc1)[C@@H]1CNCCO1. The first kappa shape index (κ1) is 15.8. The third kappa shape index (κ3) is 3.63. The van der Waals surface area contributed by atoms with E-state index in [0.717, 1.165) is 12.1 Å². The highest BCUT2D eigenvalue weighted by Gasteiger charge is 2.29. The molecule has 0 radical (unpaired) electrons. The molecular weight excluding hydrogens is 297 g/mol. The highest BCUT2D eigenvalue weighted by Crippen LogP contribution is 2.35. The summed E-state index contributed by atoms with van der Waals surface area (Å²) in [6, 6.07) is 14.5. The largest absolute Gasteiger partial charge is 0.490 e. The van der Waals surface area contributed by atoms with Crippen LogP contribution < -0.4 is 14.8 Å². The van der Waals surface area contributed by atoms with E-state index in [-0.39, 0.29) is 18.0 Å². The molecule has 2 atom stereocenters. The lowest BCUT2D eigenvalue weighted by Crippen LogP contribution is -2.43. The average molecular weight is 317 g/mol. The van der Waals surface area contributed by atoms with Crippen LogP contribution in [0.2, 0.25) is 0 Å². The van der Waals surface area contributed by atoms with Gasteiger partial charge in [-0.05, 0) is 17.7 Å². The van der Waals surface area contributed by atoms with Crippen LogP contribution in [-0.2, 0) is 4.74 Å². The highest BCUT2D eigenvalue weighted by molar-refractivity contribution is 5.41. The van der Waals surface area contributed by atoms with Crippen molar-refractivity contribution in [2.24, 2.45) is 0 Å². The lowest BCUT2D eigenvalue weighted by atomic mass is 10.0. The molecule has 1 saturated heterocycles. The van der Waals surface area contributed by atoms with Crippen LogP contribution in [-0.4, -0.2) is 32.9 Å². The number of ether oxygens (including phenoxy) is 3. The van der Waals surface area contributed by atoms with E-state index in [2.05, 4.69) is 5.32 Å². The summed E-state index contributed by atoms with van der Waals surface area (Å²) in [5.41, 5.74) is 0.979. The highest BCUT2D eigenvalue weighted by atomic mass is 19.1. The minimum atomic E-state index is -0.445. The van der Waals surface area contributed by atoms with Gasteiger partial charge in [-0.2, -0.15) is 0 Å². The third-order valence-electron chi connectivity index (χ3n) is 3.81. The average Bonchev–Trinajstić information content (AvgIpc) is 2.61. The molecule has 1 N–H and O–H groups in total. The molecule has 2 aromatic rings. The van der Waals surface area contributed by atoms with Gasteiger partial charge in [0, 0.05) is 13.1 Å². The van der Waals surface area contributed by atoms with Gasteiger partial charge in [0.25, 0.3) is 0 Å². The van der Waals surface area contributed by atoms with Crippen molar-refractivity contribution in [2.45, 2.75) is 12.2 Å². The lowest BCUT2D eigenvalue weighted by Gasteiger charge is -2.32. The standard InChI is InChI=1S/C18H20FNO3/c1-21-18-14(19)8-5-9-15(18)23-17(13-6-3-2-4-7-13)16-12-20-10-11-22-16/h2-9,16-17,20H,10-12H2,1H3/t16-,17?/m0/s1. The molecule has 0 bridgehead atoms. The summed E-state index contributed by atoms with van der Waals surface area (Å²) < 4.78 is 31.0. The van der Waals surface area contributed by atoms with Crippen LogP contribution in [0.5, 0.6) is 11.5 Å². The van der Waals surface area contributed by atoms with Crippen molar-refractivity contribution in [1.82, 2.24) is 5.32 Å². The minimum absolute atomic E-state index is 0.109. The minimum Gasteiger partial charge on any atom is -0.490 e. The van der Waals surface area contributed by atoms with Gasteiger partial charge in [-0.15, -0.1) is 0 Å². The number of halogens is 1. The van der Waals surface area contributed by atoms with E-state index >= 15 is 0 Å². The molecule has 0 saturated carbocycles.